The third-order valence-electron chi connectivity index (χ3n) is 8.35. The molecule has 0 unspecified atom stereocenters. The zero-order valence-corrected chi connectivity index (χ0v) is 27.5. The molecule has 0 radical (unpaired) electrons. The second-order valence-corrected chi connectivity index (χ2v) is 15.8. The van der Waals surface area contributed by atoms with Crippen molar-refractivity contribution < 1.29 is 8.78 Å². The van der Waals surface area contributed by atoms with Crippen molar-refractivity contribution in [2.24, 2.45) is 0 Å². The molecule has 0 amide bonds. The first-order valence-corrected chi connectivity index (χ1v) is 18.2. The summed E-state index contributed by atoms with van der Waals surface area (Å²) in [5.41, 5.74) is 6.44. The van der Waals surface area contributed by atoms with E-state index in [0.29, 0.717) is 23.2 Å². The van der Waals surface area contributed by atoms with Crippen LogP contribution < -0.4 is 10.0 Å². The second-order valence-electron chi connectivity index (χ2n) is 11.6. The molecule has 1 heterocycles. The molecule has 0 atom stereocenters. The van der Waals surface area contributed by atoms with Crippen LogP contribution in [0.1, 0.15) is 48.6 Å². The summed E-state index contributed by atoms with van der Waals surface area (Å²) in [5.74, 6) is 7.24. The van der Waals surface area contributed by atoms with E-state index in [1.165, 1.54) is 22.5 Å². The Bertz CT molecular complexity index is 1740. The van der Waals surface area contributed by atoms with Crippen LogP contribution in [0.5, 0.6) is 0 Å². The average Bonchev–Trinajstić information content (AvgIpc) is 3.35. The number of hydrogen-bond acceptors (Lipinski definition) is 4. The highest BCUT2D eigenvalue weighted by molar-refractivity contribution is 8.28. The molecule has 0 aliphatic heterocycles. The highest BCUT2D eigenvalue weighted by Crippen LogP contribution is 2.44. The molecule has 1 aromatic heterocycles. The molecule has 0 bridgehead atoms. The predicted molar refractivity (Wildman–Crippen MR) is 189 cm³/mol. The Balaban J connectivity index is 1.52. The highest BCUT2D eigenvalue weighted by Gasteiger charge is 2.30. The van der Waals surface area contributed by atoms with E-state index >= 15 is 0 Å². The van der Waals surface area contributed by atoms with Crippen LogP contribution in [-0.2, 0) is 13.0 Å². The van der Waals surface area contributed by atoms with E-state index in [0.717, 1.165) is 61.1 Å². The maximum atomic E-state index is 14.8. The minimum Gasteiger partial charge on any atom is -0.364 e. The fourth-order valence-electron chi connectivity index (χ4n) is 6.03. The first-order chi connectivity index (χ1) is 20.5. The van der Waals surface area contributed by atoms with E-state index in [1.54, 1.807) is 0 Å². The first-order valence-electron chi connectivity index (χ1n) is 14.6. The molecule has 5 rings (SSSR count). The maximum Gasteiger partial charge on any atom is 0.141 e. The van der Waals surface area contributed by atoms with Gasteiger partial charge in [-0.3, -0.25) is 0 Å². The fraction of sp³-hybridized carbons (Fsp3) is 0.314. The van der Waals surface area contributed by atoms with Crippen LogP contribution in [-0.4, -0.2) is 42.0 Å². The van der Waals surface area contributed by atoms with Crippen molar-refractivity contribution in [2.75, 3.05) is 18.0 Å². The summed E-state index contributed by atoms with van der Waals surface area (Å²) in [5, 5.41) is 3.79. The Morgan fingerprint density at radius 1 is 0.977 bits per heavy atom. The standard InChI is InChI=1S/C35H40ClF2N3S2/c1-7-23-8-9-25(24-10-12-28(13-11-24)40-43(4,5)6)20-26(23)21-41(29-16-14-27(39-3)15-17-29)22(2)34-33(36)32-30(37)18-19-31(38)35(32)42-34/h8-13,18-20,27,29,39-40H,2,4-5,7,14-17,21H2,1,3,6H3. The Hall–Kier alpha value is -2.84. The average molecular weight is 640 g/mol. The minimum atomic E-state index is -1.37. The Morgan fingerprint density at radius 2 is 1.63 bits per heavy atom. The van der Waals surface area contributed by atoms with Crippen molar-refractivity contribution in [3.05, 3.63) is 93.8 Å². The molecule has 1 saturated carbocycles. The lowest BCUT2D eigenvalue weighted by Crippen LogP contribution is -2.40. The van der Waals surface area contributed by atoms with Gasteiger partial charge in [0.05, 0.1) is 20.0 Å². The van der Waals surface area contributed by atoms with E-state index in [4.69, 9.17) is 11.6 Å². The monoisotopic (exact) mass is 639 g/mol. The number of hydrogen-bond donors (Lipinski definition) is 2. The summed E-state index contributed by atoms with van der Waals surface area (Å²) in [4.78, 5) is 2.95. The number of fused-ring (bicyclic) bond motifs is 1. The summed E-state index contributed by atoms with van der Waals surface area (Å²) in [6.07, 6.45) is 6.99. The van der Waals surface area contributed by atoms with Crippen molar-refractivity contribution in [3.8, 4) is 11.1 Å². The van der Waals surface area contributed by atoms with Crippen molar-refractivity contribution in [1.29, 1.82) is 0 Å². The zero-order valence-electron chi connectivity index (χ0n) is 25.1. The van der Waals surface area contributed by atoms with E-state index in [2.05, 4.69) is 82.6 Å². The summed E-state index contributed by atoms with van der Waals surface area (Å²) in [6.45, 7) is 7.30. The number of rotatable bonds is 10. The van der Waals surface area contributed by atoms with E-state index < -0.39 is 21.0 Å². The fourth-order valence-corrected chi connectivity index (χ4v) is 8.30. The van der Waals surface area contributed by atoms with Gasteiger partial charge in [-0.05, 0) is 98.0 Å². The van der Waals surface area contributed by atoms with Gasteiger partial charge in [-0.2, -0.15) is 0 Å². The molecule has 1 aliphatic rings. The molecular formula is C35H40ClF2N3S2. The number of thiophene rings is 1. The van der Waals surface area contributed by atoms with Gasteiger partial charge < -0.3 is 14.9 Å². The van der Waals surface area contributed by atoms with Crippen LogP contribution in [0.2, 0.25) is 5.02 Å². The van der Waals surface area contributed by atoms with Gasteiger partial charge in [0.1, 0.15) is 11.6 Å². The molecule has 3 aromatic carbocycles. The zero-order chi connectivity index (χ0) is 30.9. The molecule has 1 aliphatic carbocycles. The van der Waals surface area contributed by atoms with Gasteiger partial charge in [0, 0.05) is 30.0 Å². The predicted octanol–water partition coefficient (Wildman–Crippen LogP) is 9.69. The summed E-state index contributed by atoms with van der Waals surface area (Å²) in [6, 6.07) is 18.0. The molecule has 0 spiro atoms. The number of aryl methyl sites for hydroxylation is 1. The van der Waals surface area contributed by atoms with E-state index in [1.807, 2.05) is 13.3 Å². The Kier molecular flexibility index (Phi) is 9.57. The van der Waals surface area contributed by atoms with Crippen LogP contribution in [0, 0.1) is 11.6 Å². The largest absolute Gasteiger partial charge is 0.364 e. The second kappa shape index (κ2) is 13.0. The lowest BCUT2D eigenvalue weighted by molar-refractivity contribution is 0.205. The first kappa shape index (κ1) is 31.6. The molecule has 4 aromatic rings. The maximum absolute atomic E-state index is 14.8. The van der Waals surface area contributed by atoms with E-state index in [-0.39, 0.29) is 21.2 Å². The minimum absolute atomic E-state index is 0.135. The SMILES string of the molecule is C=C(c1sc2c(F)ccc(F)c2c1Cl)N(Cc1cc(-c2ccc(NS(=C)(=C)C)cc2)ccc1CC)C1CCC(NC)CC1. The number of benzene rings is 3. The molecule has 2 N–H and O–H groups in total. The van der Waals surface area contributed by atoms with Gasteiger partial charge in [-0.15, -0.1) is 20.7 Å². The summed E-state index contributed by atoms with van der Waals surface area (Å²) >= 11 is 7.95. The van der Waals surface area contributed by atoms with Gasteiger partial charge >= 0.3 is 0 Å². The lowest BCUT2D eigenvalue weighted by Gasteiger charge is -2.39. The molecule has 8 heteroatoms. The third-order valence-corrected chi connectivity index (χ3v) is 10.8. The summed E-state index contributed by atoms with van der Waals surface area (Å²) in [7, 11) is 0.650. The quantitative estimate of drug-likeness (QED) is 0.169. The molecule has 0 saturated heterocycles. The number of halogens is 3. The van der Waals surface area contributed by atoms with Gasteiger partial charge in [-0.25, -0.2) is 8.78 Å². The molecular weight excluding hydrogens is 600 g/mol. The summed E-state index contributed by atoms with van der Waals surface area (Å²) < 4.78 is 33.2. The van der Waals surface area contributed by atoms with Crippen LogP contribution in [0.25, 0.3) is 26.9 Å². The number of anilines is 1. The Morgan fingerprint density at radius 3 is 2.23 bits per heavy atom. The van der Waals surface area contributed by atoms with E-state index in [9.17, 15) is 8.78 Å². The lowest BCUT2D eigenvalue weighted by atomic mass is 9.89. The molecule has 228 valence electrons. The van der Waals surface area contributed by atoms with Crippen LogP contribution in [0.4, 0.5) is 14.5 Å². The smallest absolute Gasteiger partial charge is 0.141 e. The van der Waals surface area contributed by atoms with Gasteiger partial charge in [-0.1, -0.05) is 61.1 Å². The van der Waals surface area contributed by atoms with Crippen molar-refractivity contribution >= 4 is 65.5 Å². The van der Waals surface area contributed by atoms with Crippen LogP contribution >= 0.6 is 32.3 Å². The molecule has 1 fully saturated rings. The van der Waals surface area contributed by atoms with Crippen molar-refractivity contribution in [2.45, 2.75) is 57.7 Å². The van der Waals surface area contributed by atoms with Crippen LogP contribution in [0.3, 0.4) is 0 Å². The van der Waals surface area contributed by atoms with Gasteiger partial charge in [0.15, 0.2) is 0 Å². The third kappa shape index (κ3) is 6.96. The van der Waals surface area contributed by atoms with Crippen LogP contribution in [0.15, 0.2) is 61.2 Å². The van der Waals surface area contributed by atoms with Gasteiger partial charge in [0.25, 0.3) is 0 Å². The normalized spacial score (nSPS) is 17.3. The number of nitrogens with one attached hydrogen (secondary N) is 2. The topological polar surface area (TPSA) is 27.3 Å². The number of nitrogens with zero attached hydrogens (tertiary/aromatic N) is 1. The molecule has 43 heavy (non-hydrogen) atoms. The highest BCUT2D eigenvalue weighted by atomic mass is 35.5. The van der Waals surface area contributed by atoms with Gasteiger partial charge in [0.2, 0.25) is 0 Å². The molecule has 3 nitrogen and oxygen atoms in total. The Labute approximate surface area is 264 Å². The van der Waals surface area contributed by atoms with Crippen molar-refractivity contribution in [3.63, 3.8) is 0 Å². The van der Waals surface area contributed by atoms with Crippen molar-refractivity contribution in [1.82, 2.24) is 10.2 Å².